The molecule has 2 nitrogen and oxygen atoms in total. The molecule has 0 N–H and O–H groups in total. The Morgan fingerprint density at radius 1 is 1.38 bits per heavy atom. The predicted octanol–water partition coefficient (Wildman–Crippen LogP) is 2.48. The number of hydrogen-bond donors (Lipinski definition) is 0. The van der Waals surface area contributed by atoms with Gasteiger partial charge >= 0.3 is 0 Å². The lowest BCUT2D eigenvalue weighted by Gasteiger charge is -1.96. The highest BCUT2D eigenvalue weighted by molar-refractivity contribution is 5.66. The van der Waals surface area contributed by atoms with Crippen LogP contribution in [-0.4, -0.2) is 18.5 Å². The molecule has 1 rings (SSSR count). The zero-order valence-electron chi connectivity index (χ0n) is 8.29. The predicted molar refractivity (Wildman–Crippen MR) is 52.6 cm³/mol. The Hall–Kier alpha value is -0.630. The Balaban J connectivity index is 2.01. The SMILES string of the molecule is CCCCC/C=C\CC1(C=O)CO1. The van der Waals surface area contributed by atoms with E-state index in [1.165, 1.54) is 19.3 Å². The summed E-state index contributed by atoms with van der Waals surface area (Å²) in [6.07, 6.45) is 10.8. The first-order valence-corrected chi connectivity index (χ1v) is 5.08. The second kappa shape index (κ2) is 5.18. The smallest absolute Gasteiger partial charge is 0.154 e. The number of carbonyl (C=O) groups excluding carboxylic acids is 1. The molecule has 1 unspecified atom stereocenters. The summed E-state index contributed by atoms with van der Waals surface area (Å²) in [5.74, 6) is 0. The van der Waals surface area contributed by atoms with Crippen LogP contribution < -0.4 is 0 Å². The fourth-order valence-corrected chi connectivity index (χ4v) is 1.24. The average molecular weight is 182 g/mol. The summed E-state index contributed by atoms with van der Waals surface area (Å²) in [5.41, 5.74) is -0.429. The Labute approximate surface area is 80.0 Å². The standard InChI is InChI=1S/C11H18O2/c1-2-3-4-5-6-7-8-11(9-12)10-13-11/h6-7,9H,2-5,8,10H2,1H3/b7-6-. The van der Waals surface area contributed by atoms with E-state index >= 15 is 0 Å². The molecule has 0 aromatic carbocycles. The largest absolute Gasteiger partial charge is 0.361 e. The molecule has 0 aromatic rings. The van der Waals surface area contributed by atoms with Gasteiger partial charge in [0.15, 0.2) is 6.29 Å². The van der Waals surface area contributed by atoms with Crippen LogP contribution in [0.5, 0.6) is 0 Å². The van der Waals surface area contributed by atoms with Gasteiger partial charge in [-0.2, -0.15) is 0 Å². The second-order valence-electron chi connectivity index (χ2n) is 3.64. The summed E-state index contributed by atoms with van der Waals surface area (Å²) < 4.78 is 5.05. The van der Waals surface area contributed by atoms with Gasteiger partial charge in [-0.3, -0.25) is 0 Å². The molecular formula is C11H18O2. The van der Waals surface area contributed by atoms with Gasteiger partial charge < -0.3 is 9.53 Å². The van der Waals surface area contributed by atoms with Crippen LogP contribution in [0.2, 0.25) is 0 Å². The van der Waals surface area contributed by atoms with Crippen molar-refractivity contribution >= 4 is 6.29 Å². The quantitative estimate of drug-likeness (QED) is 0.262. The van der Waals surface area contributed by atoms with Crippen LogP contribution in [0.3, 0.4) is 0 Å². The fraction of sp³-hybridized carbons (Fsp3) is 0.727. The summed E-state index contributed by atoms with van der Waals surface area (Å²) >= 11 is 0. The molecule has 1 aliphatic heterocycles. The van der Waals surface area contributed by atoms with Crippen LogP contribution in [0, 0.1) is 0 Å². The molecule has 0 aliphatic carbocycles. The summed E-state index contributed by atoms with van der Waals surface area (Å²) in [4.78, 5) is 10.5. The van der Waals surface area contributed by atoms with E-state index in [9.17, 15) is 4.79 Å². The molecule has 0 radical (unpaired) electrons. The van der Waals surface area contributed by atoms with Gasteiger partial charge in [-0.15, -0.1) is 0 Å². The van der Waals surface area contributed by atoms with E-state index in [2.05, 4.69) is 19.1 Å². The monoisotopic (exact) mass is 182 g/mol. The molecule has 1 fully saturated rings. The molecule has 1 heterocycles. The van der Waals surface area contributed by atoms with Crippen molar-refractivity contribution in [2.75, 3.05) is 6.61 Å². The normalized spacial score (nSPS) is 26.5. The summed E-state index contributed by atoms with van der Waals surface area (Å²) in [5, 5.41) is 0. The van der Waals surface area contributed by atoms with E-state index in [-0.39, 0.29) is 0 Å². The van der Waals surface area contributed by atoms with Crippen molar-refractivity contribution in [2.24, 2.45) is 0 Å². The maximum absolute atomic E-state index is 10.5. The molecule has 1 saturated heterocycles. The lowest BCUT2D eigenvalue weighted by atomic mass is 10.1. The number of ether oxygens (including phenoxy) is 1. The van der Waals surface area contributed by atoms with Crippen LogP contribution in [0.4, 0.5) is 0 Å². The highest BCUT2D eigenvalue weighted by atomic mass is 16.6. The lowest BCUT2D eigenvalue weighted by Crippen LogP contribution is -2.10. The first-order chi connectivity index (χ1) is 6.33. The number of aldehydes is 1. The summed E-state index contributed by atoms with van der Waals surface area (Å²) in [7, 11) is 0. The lowest BCUT2D eigenvalue weighted by molar-refractivity contribution is -0.112. The Morgan fingerprint density at radius 3 is 2.69 bits per heavy atom. The zero-order valence-corrected chi connectivity index (χ0v) is 8.29. The number of epoxide rings is 1. The van der Waals surface area contributed by atoms with E-state index in [4.69, 9.17) is 4.74 Å². The van der Waals surface area contributed by atoms with E-state index in [0.29, 0.717) is 6.61 Å². The van der Waals surface area contributed by atoms with Gasteiger partial charge in [0.1, 0.15) is 5.60 Å². The molecule has 1 atom stereocenters. The molecule has 74 valence electrons. The maximum Gasteiger partial charge on any atom is 0.154 e. The second-order valence-corrected chi connectivity index (χ2v) is 3.64. The number of allylic oxidation sites excluding steroid dienone is 1. The third-order valence-corrected chi connectivity index (χ3v) is 2.33. The van der Waals surface area contributed by atoms with Crippen molar-refractivity contribution in [1.29, 1.82) is 0 Å². The van der Waals surface area contributed by atoms with Crippen LogP contribution in [-0.2, 0) is 9.53 Å². The highest BCUT2D eigenvalue weighted by Crippen LogP contribution is 2.28. The van der Waals surface area contributed by atoms with Crippen molar-refractivity contribution < 1.29 is 9.53 Å². The van der Waals surface area contributed by atoms with E-state index in [0.717, 1.165) is 19.1 Å². The number of hydrogen-bond acceptors (Lipinski definition) is 2. The molecule has 0 saturated carbocycles. The molecular weight excluding hydrogens is 164 g/mol. The first-order valence-electron chi connectivity index (χ1n) is 5.08. The van der Waals surface area contributed by atoms with Crippen LogP contribution in [0.25, 0.3) is 0 Å². The van der Waals surface area contributed by atoms with Crippen LogP contribution >= 0.6 is 0 Å². The molecule has 0 aromatic heterocycles. The third kappa shape index (κ3) is 3.73. The molecule has 0 bridgehead atoms. The van der Waals surface area contributed by atoms with Crippen molar-refractivity contribution in [3.05, 3.63) is 12.2 Å². The van der Waals surface area contributed by atoms with E-state index in [1.54, 1.807) is 0 Å². The molecule has 13 heavy (non-hydrogen) atoms. The van der Waals surface area contributed by atoms with Gasteiger partial charge in [0.2, 0.25) is 0 Å². The number of rotatable bonds is 7. The van der Waals surface area contributed by atoms with Gasteiger partial charge in [-0.05, 0) is 12.8 Å². The minimum Gasteiger partial charge on any atom is -0.361 e. The van der Waals surface area contributed by atoms with Crippen molar-refractivity contribution in [3.8, 4) is 0 Å². The van der Waals surface area contributed by atoms with Gasteiger partial charge in [-0.1, -0.05) is 31.9 Å². The molecule has 2 heteroatoms. The average Bonchev–Trinajstić information content (AvgIpc) is 2.92. The first kappa shape index (κ1) is 10.5. The number of unbranched alkanes of at least 4 members (excludes halogenated alkanes) is 3. The van der Waals surface area contributed by atoms with Crippen molar-refractivity contribution in [2.45, 2.75) is 44.6 Å². The van der Waals surface area contributed by atoms with Crippen molar-refractivity contribution in [1.82, 2.24) is 0 Å². The summed E-state index contributed by atoms with van der Waals surface area (Å²) in [6.45, 7) is 2.80. The van der Waals surface area contributed by atoms with Crippen LogP contribution in [0.15, 0.2) is 12.2 Å². The molecule has 0 spiro atoms. The Kier molecular flexibility index (Phi) is 4.16. The maximum atomic E-state index is 10.5. The van der Waals surface area contributed by atoms with Gasteiger partial charge in [0.25, 0.3) is 0 Å². The highest BCUT2D eigenvalue weighted by Gasteiger charge is 2.43. The topological polar surface area (TPSA) is 29.6 Å². The zero-order chi connectivity index (χ0) is 9.57. The third-order valence-electron chi connectivity index (χ3n) is 2.33. The van der Waals surface area contributed by atoms with Gasteiger partial charge in [0, 0.05) is 6.42 Å². The van der Waals surface area contributed by atoms with Gasteiger partial charge in [-0.25, -0.2) is 0 Å². The molecule has 0 amide bonds. The minimum absolute atomic E-state index is 0.429. The van der Waals surface area contributed by atoms with E-state index < -0.39 is 5.60 Å². The Morgan fingerprint density at radius 2 is 2.15 bits per heavy atom. The minimum atomic E-state index is -0.429. The number of carbonyl (C=O) groups is 1. The van der Waals surface area contributed by atoms with Crippen molar-refractivity contribution in [3.63, 3.8) is 0 Å². The Bertz CT molecular complexity index is 181. The van der Waals surface area contributed by atoms with Crippen LogP contribution in [0.1, 0.15) is 39.0 Å². The summed E-state index contributed by atoms with van der Waals surface area (Å²) in [6, 6.07) is 0. The van der Waals surface area contributed by atoms with Gasteiger partial charge in [0.05, 0.1) is 6.61 Å². The van der Waals surface area contributed by atoms with E-state index in [1.807, 2.05) is 0 Å². The fourth-order valence-electron chi connectivity index (χ4n) is 1.24. The molecule has 1 aliphatic rings.